The second-order valence-electron chi connectivity index (χ2n) is 7.62. The number of aromatic nitrogens is 1. The van der Waals surface area contributed by atoms with Gasteiger partial charge in [0.1, 0.15) is 11.3 Å². The van der Waals surface area contributed by atoms with Gasteiger partial charge in [-0.3, -0.25) is 4.79 Å². The molecule has 0 radical (unpaired) electrons. The summed E-state index contributed by atoms with van der Waals surface area (Å²) in [6.07, 6.45) is 4.58. The number of nitrogens with zero attached hydrogens (tertiary/aromatic N) is 2. The smallest absolute Gasteiger partial charge is 0.220 e. The van der Waals surface area contributed by atoms with Crippen LogP contribution in [0.1, 0.15) is 39.0 Å². The zero-order chi connectivity index (χ0) is 19.3. The summed E-state index contributed by atoms with van der Waals surface area (Å²) in [5, 5.41) is 4.25. The first-order chi connectivity index (χ1) is 13.7. The molecule has 0 spiro atoms. The van der Waals surface area contributed by atoms with E-state index < -0.39 is 0 Å². The molecule has 7 heteroatoms. The van der Waals surface area contributed by atoms with Gasteiger partial charge in [0.05, 0.1) is 11.3 Å². The van der Waals surface area contributed by atoms with Crippen molar-refractivity contribution in [3.05, 3.63) is 18.2 Å². The molecule has 2 aromatic rings. The Morgan fingerprint density at radius 3 is 2.82 bits per heavy atom. The third kappa shape index (κ3) is 4.58. The average molecular weight is 404 g/mol. The monoisotopic (exact) mass is 403 g/mol. The third-order valence-electron chi connectivity index (χ3n) is 5.62. The van der Waals surface area contributed by atoms with Gasteiger partial charge < -0.3 is 19.7 Å². The van der Waals surface area contributed by atoms with E-state index in [0.29, 0.717) is 25.0 Å². The van der Waals surface area contributed by atoms with Gasteiger partial charge >= 0.3 is 0 Å². The van der Waals surface area contributed by atoms with E-state index in [4.69, 9.17) is 14.5 Å². The summed E-state index contributed by atoms with van der Waals surface area (Å²) in [4.78, 5) is 19.6. The maximum atomic E-state index is 12.4. The number of ether oxygens (including phenoxy) is 2. The summed E-state index contributed by atoms with van der Waals surface area (Å²) >= 11 is 1.73. The van der Waals surface area contributed by atoms with Crippen molar-refractivity contribution in [2.45, 2.75) is 45.1 Å². The van der Waals surface area contributed by atoms with Crippen LogP contribution in [0.25, 0.3) is 10.2 Å². The molecule has 2 aliphatic heterocycles. The van der Waals surface area contributed by atoms with E-state index in [-0.39, 0.29) is 5.91 Å². The Morgan fingerprint density at radius 2 is 2.07 bits per heavy atom. The number of amides is 1. The summed E-state index contributed by atoms with van der Waals surface area (Å²) in [7, 11) is 0. The van der Waals surface area contributed by atoms with E-state index in [2.05, 4.69) is 16.3 Å². The molecule has 1 aromatic heterocycles. The van der Waals surface area contributed by atoms with Crippen LogP contribution < -0.4 is 15.0 Å². The van der Waals surface area contributed by atoms with Crippen LogP contribution >= 0.6 is 11.3 Å². The number of hydrogen-bond acceptors (Lipinski definition) is 6. The van der Waals surface area contributed by atoms with E-state index in [1.807, 2.05) is 19.1 Å². The van der Waals surface area contributed by atoms with Gasteiger partial charge in [0, 0.05) is 38.8 Å². The molecule has 6 nitrogen and oxygen atoms in total. The lowest BCUT2D eigenvalue weighted by Gasteiger charge is -2.32. The van der Waals surface area contributed by atoms with Crippen molar-refractivity contribution in [1.82, 2.24) is 10.3 Å². The molecular formula is C21H29N3O3S. The number of hydrogen-bond donors (Lipinski definition) is 1. The summed E-state index contributed by atoms with van der Waals surface area (Å²) in [6.45, 7) is 6.08. The highest BCUT2D eigenvalue weighted by atomic mass is 32.1. The van der Waals surface area contributed by atoms with Crippen molar-refractivity contribution in [3.8, 4) is 5.75 Å². The van der Waals surface area contributed by atoms with Crippen molar-refractivity contribution < 1.29 is 14.3 Å². The molecule has 28 heavy (non-hydrogen) atoms. The number of para-hydroxylation sites is 1. The van der Waals surface area contributed by atoms with Crippen LogP contribution in [0.5, 0.6) is 5.75 Å². The molecule has 2 aliphatic rings. The fourth-order valence-corrected chi connectivity index (χ4v) is 5.07. The lowest BCUT2D eigenvalue weighted by Crippen LogP contribution is -2.41. The second-order valence-corrected chi connectivity index (χ2v) is 8.63. The first-order valence-corrected chi connectivity index (χ1v) is 11.2. The Hall–Kier alpha value is -1.86. The molecule has 2 fully saturated rings. The molecular weight excluding hydrogens is 374 g/mol. The largest absolute Gasteiger partial charge is 0.492 e. The number of rotatable bonds is 6. The van der Waals surface area contributed by atoms with Gasteiger partial charge in [-0.1, -0.05) is 17.4 Å². The minimum atomic E-state index is 0.201. The van der Waals surface area contributed by atoms with Crippen LogP contribution in [-0.2, 0) is 9.53 Å². The molecule has 0 bridgehead atoms. The fraction of sp³-hybridized carbons (Fsp3) is 0.619. The summed E-state index contributed by atoms with van der Waals surface area (Å²) in [6, 6.07) is 6.41. The Bertz CT molecular complexity index is 795. The van der Waals surface area contributed by atoms with E-state index in [9.17, 15) is 4.79 Å². The standard InChI is InChI=1S/C21H29N3O3S/c1-2-27-17-4-3-5-18-20(17)23-21(28-18)24-10-6-15(7-11-24)14-19(25)22-16-8-12-26-13-9-16/h3-5,15-16H,2,6-14H2,1H3,(H,22,25). The van der Waals surface area contributed by atoms with Gasteiger partial charge in [0.2, 0.25) is 5.91 Å². The average Bonchev–Trinajstić information content (AvgIpc) is 3.15. The van der Waals surface area contributed by atoms with Crippen LogP contribution in [0.4, 0.5) is 5.13 Å². The lowest BCUT2D eigenvalue weighted by atomic mass is 9.93. The van der Waals surface area contributed by atoms with Gasteiger partial charge in [0.15, 0.2) is 5.13 Å². The van der Waals surface area contributed by atoms with Gasteiger partial charge in [0.25, 0.3) is 0 Å². The molecule has 152 valence electrons. The topological polar surface area (TPSA) is 63.7 Å². The number of nitrogens with one attached hydrogen (secondary N) is 1. The number of benzene rings is 1. The highest BCUT2D eigenvalue weighted by Gasteiger charge is 2.25. The van der Waals surface area contributed by atoms with E-state index in [1.165, 1.54) is 4.70 Å². The third-order valence-corrected chi connectivity index (χ3v) is 6.70. The highest BCUT2D eigenvalue weighted by Crippen LogP contribution is 2.36. The van der Waals surface area contributed by atoms with Gasteiger partial charge in [-0.15, -0.1) is 0 Å². The second kappa shape index (κ2) is 9.09. The van der Waals surface area contributed by atoms with Crippen LogP contribution in [0.3, 0.4) is 0 Å². The molecule has 0 saturated carbocycles. The molecule has 0 atom stereocenters. The SMILES string of the molecule is CCOc1cccc2sc(N3CCC(CC(=O)NC4CCOCC4)CC3)nc12. The summed E-state index contributed by atoms with van der Waals surface area (Å²) in [5.41, 5.74) is 0.960. The number of fused-ring (bicyclic) bond motifs is 1. The van der Waals surface area contributed by atoms with Crippen LogP contribution in [-0.4, -0.2) is 49.8 Å². The number of piperidine rings is 1. The number of carbonyl (C=O) groups is 1. The normalized spacial score (nSPS) is 19.1. The first-order valence-electron chi connectivity index (χ1n) is 10.4. The predicted molar refractivity (Wildman–Crippen MR) is 112 cm³/mol. The molecule has 4 rings (SSSR count). The zero-order valence-electron chi connectivity index (χ0n) is 16.5. The van der Waals surface area contributed by atoms with Crippen LogP contribution in [0.15, 0.2) is 18.2 Å². The molecule has 0 unspecified atom stereocenters. The van der Waals surface area contributed by atoms with Crippen LogP contribution in [0, 0.1) is 5.92 Å². The summed E-state index contributed by atoms with van der Waals surface area (Å²) in [5.74, 6) is 1.53. The maximum Gasteiger partial charge on any atom is 0.220 e. The van der Waals surface area contributed by atoms with Gasteiger partial charge in [-0.2, -0.15) is 0 Å². The minimum absolute atomic E-state index is 0.201. The Balaban J connectivity index is 1.31. The Labute approximate surface area is 170 Å². The first kappa shape index (κ1) is 19.5. The Morgan fingerprint density at radius 1 is 1.29 bits per heavy atom. The fourth-order valence-electron chi connectivity index (χ4n) is 4.04. The maximum absolute atomic E-state index is 12.4. The Kier molecular flexibility index (Phi) is 6.32. The lowest BCUT2D eigenvalue weighted by molar-refractivity contribution is -0.123. The number of carbonyl (C=O) groups excluding carboxylic acids is 1. The molecule has 3 heterocycles. The molecule has 0 aliphatic carbocycles. The predicted octanol–water partition coefficient (Wildman–Crippen LogP) is 3.60. The van der Waals surface area contributed by atoms with Crippen molar-refractivity contribution in [1.29, 1.82) is 0 Å². The van der Waals surface area contributed by atoms with Crippen molar-refractivity contribution in [2.75, 3.05) is 37.8 Å². The summed E-state index contributed by atoms with van der Waals surface area (Å²) < 4.78 is 12.2. The van der Waals surface area contributed by atoms with Crippen molar-refractivity contribution in [3.63, 3.8) is 0 Å². The highest BCUT2D eigenvalue weighted by molar-refractivity contribution is 7.22. The van der Waals surface area contributed by atoms with E-state index >= 15 is 0 Å². The van der Waals surface area contributed by atoms with Gasteiger partial charge in [-0.25, -0.2) is 4.98 Å². The van der Waals surface area contributed by atoms with Crippen LogP contribution in [0.2, 0.25) is 0 Å². The van der Waals surface area contributed by atoms with Gasteiger partial charge in [-0.05, 0) is 50.7 Å². The van der Waals surface area contributed by atoms with E-state index in [1.54, 1.807) is 11.3 Å². The van der Waals surface area contributed by atoms with Crippen molar-refractivity contribution >= 4 is 32.6 Å². The molecule has 1 amide bonds. The molecule has 1 aromatic carbocycles. The zero-order valence-corrected chi connectivity index (χ0v) is 17.3. The molecule has 1 N–H and O–H groups in total. The minimum Gasteiger partial charge on any atom is -0.492 e. The molecule has 2 saturated heterocycles. The quantitative estimate of drug-likeness (QED) is 0.798. The van der Waals surface area contributed by atoms with Crippen molar-refractivity contribution in [2.24, 2.45) is 5.92 Å². The number of anilines is 1. The number of thiazole rings is 1. The van der Waals surface area contributed by atoms with E-state index in [0.717, 1.165) is 68.4 Å².